The summed E-state index contributed by atoms with van der Waals surface area (Å²) >= 11 is 3.38. The van der Waals surface area contributed by atoms with Gasteiger partial charge in [0, 0.05) is 17.8 Å². The monoisotopic (exact) mass is 336 g/mol. The van der Waals surface area contributed by atoms with Crippen molar-refractivity contribution in [3.8, 4) is 17.4 Å². The number of aromatic nitrogens is 1. The summed E-state index contributed by atoms with van der Waals surface area (Å²) < 4.78 is 11.5. The second-order valence-corrected chi connectivity index (χ2v) is 5.02. The van der Waals surface area contributed by atoms with Gasteiger partial charge in [-0.3, -0.25) is 4.79 Å². The van der Waals surface area contributed by atoms with Gasteiger partial charge in [-0.15, -0.1) is 0 Å². The van der Waals surface area contributed by atoms with Gasteiger partial charge in [-0.1, -0.05) is 0 Å². The number of rotatable bonds is 4. The van der Waals surface area contributed by atoms with E-state index in [0.29, 0.717) is 22.9 Å². The molecule has 6 heteroatoms. The van der Waals surface area contributed by atoms with Crippen LogP contribution < -0.4 is 15.2 Å². The van der Waals surface area contributed by atoms with Crippen molar-refractivity contribution in [3.63, 3.8) is 0 Å². The van der Waals surface area contributed by atoms with Crippen LogP contribution in [0.3, 0.4) is 0 Å². The normalized spacial score (nSPS) is 10.2. The van der Waals surface area contributed by atoms with Crippen LogP contribution in [-0.4, -0.2) is 18.0 Å². The van der Waals surface area contributed by atoms with Crippen molar-refractivity contribution < 1.29 is 14.3 Å². The Morgan fingerprint density at radius 1 is 1.25 bits per heavy atom. The van der Waals surface area contributed by atoms with Gasteiger partial charge in [0.05, 0.1) is 11.6 Å². The first-order valence-electron chi connectivity index (χ1n) is 5.78. The maximum Gasteiger partial charge on any atom is 0.248 e. The van der Waals surface area contributed by atoms with E-state index in [1.54, 1.807) is 24.4 Å². The van der Waals surface area contributed by atoms with E-state index < -0.39 is 5.91 Å². The average Bonchev–Trinajstić information content (AvgIpc) is 2.41. The highest BCUT2D eigenvalue weighted by Crippen LogP contribution is 2.30. The summed E-state index contributed by atoms with van der Waals surface area (Å²) in [5.41, 5.74) is 6.59. The van der Waals surface area contributed by atoms with E-state index in [1.807, 2.05) is 13.0 Å². The molecule has 1 aromatic heterocycles. The van der Waals surface area contributed by atoms with Crippen LogP contribution in [0.15, 0.2) is 34.9 Å². The van der Waals surface area contributed by atoms with Crippen molar-refractivity contribution in [2.24, 2.45) is 5.73 Å². The number of benzene rings is 1. The van der Waals surface area contributed by atoms with Crippen molar-refractivity contribution >= 4 is 21.8 Å². The summed E-state index contributed by atoms with van der Waals surface area (Å²) in [5, 5.41) is 0. The van der Waals surface area contributed by atoms with Gasteiger partial charge >= 0.3 is 0 Å². The Bertz CT molecular complexity index is 659. The average molecular weight is 337 g/mol. The summed E-state index contributed by atoms with van der Waals surface area (Å²) in [6, 6.07) is 6.63. The maximum absolute atomic E-state index is 11.3. The summed E-state index contributed by atoms with van der Waals surface area (Å²) in [5.74, 6) is 0.763. The summed E-state index contributed by atoms with van der Waals surface area (Å²) in [4.78, 5) is 15.4. The Morgan fingerprint density at radius 2 is 1.95 bits per heavy atom. The molecule has 0 saturated carbocycles. The van der Waals surface area contributed by atoms with Gasteiger partial charge in [0.2, 0.25) is 11.8 Å². The van der Waals surface area contributed by atoms with Crippen molar-refractivity contribution in [2.45, 2.75) is 6.92 Å². The molecule has 1 aromatic carbocycles. The van der Waals surface area contributed by atoms with E-state index in [1.165, 1.54) is 7.11 Å². The Hall–Kier alpha value is -2.08. The number of primary amides is 1. The van der Waals surface area contributed by atoms with E-state index in [0.717, 1.165) is 10.0 Å². The number of carbonyl (C=O) groups is 1. The number of hydrogen-bond donors (Lipinski definition) is 1. The fraction of sp³-hybridized carbons (Fsp3) is 0.143. The summed E-state index contributed by atoms with van der Waals surface area (Å²) in [6.07, 6.45) is 1.69. The van der Waals surface area contributed by atoms with Crippen molar-refractivity contribution in [2.75, 3.05) is 7.11 Å². The number of nitrogens with two attached hydrogens (primary N) is 1. The van der Waals surface area contributed by atoms with Crippen LogP contribution in [0, 0.1) is 6.92 Å². The lowest BCUT2D eigenvalue weighted by molar-refractivity contribution is 0.0999. The van der Waals surface area contributed by atoms with Gasteiger partial charge in [-0.25, -0.2) is 4.98 Å². The van der Waals surface area contributed by atoms with Crippen LogP contribution in [0.5, 0.6) is 17.4 Å². The second kappa shape index (κ2) is 5.92. The maximum atomic E-state index is 11.3. The number of pyridine rings is 1. The minimum absolute atomic E-state index is 0.308. The molecule has 2 rings (SSSR count). The van der Waals surface area contributed by atoms with Crippen LogP contribution in [0.1, 0.15) is 15.9 Å². The van der Waals surface area contributed by atoms with Crippen LogP contribution in [0.2, 0.25) is 0 Å². The van der Waals surface area contributed by atoms with E-state index in [4.69, 9.17) is 15.2 Å². The van der Waals surface area contributed by atoms with Crippen LogP contribution in [0.25, 0.3) is 0 Å². The first-order chi connectivity index (χ1) is 9.49. The Labute approximate surface area is 124 Å². The van der Waals surface area contributed by atoms with Gasteiger partial charge in [0.1, 0.15) is 11.5 Å². The molecule has 0 spiro atoms. The molecule has 0 bridgehead atoms. The van der Waals surface area contributed by atoms with E-state index in [2.05, 4.69) is 20.9 Å². The molecule has 1 heterocycles. The third kappa shape index (κ3) is 3.27. The molecule has 0 aliphatic heterocycles. The topological polar surface area (TPSA) is 74.4 Å². The second-order valence-electron chi connectivity index (χ2n) is 4.16. The minimum Gasteiger partial charge on any atom is -0.497 e. The summed E-state index contributed by atoms with van der Waals surface area (Å²) in [7, 11) is 1.50. The molecule has 0 saturated heterocycles. The lowest BCUT2D eigenvalue weighted by Crippen LogP contribution is -2.11. The Kier molecular flexibility index (Phi) is 4.24. The third-order valence-corrected chi connectivity index (χ3v) is 3.13. The zero-order valence-electron chi connectivity index (χ0n) is 11.0. The van der Waals surface area contributed by atoms with E-state index in [9.17, 15) is 4.79 Å². The minimum atomic E-state index is -0.551. The molecule has 1 amide bonds. The predicted octanol–water partition coefficient (Wildman–Crippen LogP) is 3.05. The molecule has 0 unspecified atom stereocenters. The van der Waals surface area contributed by atoms with Crippen LogP contribution >= 0.6 is 15.9 Å². The highest BCUT2D eigenvalue weighted by atomic mass is 79.9. The predicted molar refractivity (Wildman–Crippen MR) is 78.3 cm³/mol. The van der Waals surface area contributed by atoms with Crippen molar-refractivity contribution in [1.82, 2.24) is 4.98 Å². The van der Waals surface area contributed by atoms with Crippen molar-refractivity contribution in [3.05, 3.63) is 46.1 Å². The lowest BCUT2D eigenvalue weighted by atomic mass is 10.2. The molecule has 0 fully saturated rings. The van der Waals surface area contributed by atoms with E-state index >= 15 is 0 Å². The number of nitrogens with zero attached hydrogens (tertiary/aromatic N) is 1. The molecule has 0 aliphatic carbocycles. The third-order valence-electron chi connectivity index (χ3n) is 2.56. The highest BCUT2D eigenvalue weighted by Gasteiger charge is 2.10. The molecular weight excluding hydrogens is 324 g/mol. The zero-order valence-corrected chi connectivity index (χ0v) is 12.6. The van der Waals surface area contributed by atoms with Gasteiger partial charge in [0.15, 0.2) is 0 Å². The van der Waals surface area contributed by atoms with Crippen LogP contribution in [0.4, 0.5) is 0 Å². The Morgan fingerprint density at radius 3 is 2.55 bits per heavy atom. The summed E-state index contributed by atoms with van der Waals surface area (Å²) in [6.45, 7) is 1.93. The van der Waals surface area contributed by atoms with E-state index in [-0.39, 0.29) is 0 Å². The number of aryl methyl sites for hydroxylation is 1. The largest absolute Gasteiger partial charge is 0.497 e. The molecule has 0 atom stereocenters. The van der Waals surface area contributed by atoms with Gasteiger partial charge in [-0.2, -0.15) is 0 Å². The van der Waals surface area contributed by atoms with Gasteiger partial charge in [0.25, 0.3) is 0 Å². The standard InChI is InChI=1S/C14H13BrN2O3/c1-8-3-12(15)14(17-7-8)20-11-5-9(13(16)18)4-10(6-11)19-2/h3-7H,1-2H3,(H2,16,18). The SMILES string of the molecule is COc1cc(Oc2ncc(C)cc2Br)cc(C(N)=O)c1. The van der Waals surface area contributed by atoms with Gasteiger partial charge in [-0.05, 0) is 46.6 Å². The van der Waals surface area contributed by atoms with Crippen LogP contribution in [-0.2, 0) is 0 Å². The lowest BCUT2D eigenvalue weighted by Gasteiger charge is -2.10. The number of halogens is 1. The molecule has 0 aliphatic rings. The quantitative estimate of drug-likeness (QED) is 0.930. The smallest absolute Gasteiger partial charge is 0.248 e. The number of ether oxygens (including phenoxy) is 2. The molecule has 104 valence electrons. The molecule has 0 radical (unpaired) electrons. The number of methoxy groups -OCH3 is 1. The fourth-order valence-corrected chi connectivity index (χ4v) is 2.14. The highest BCUT2D eigenvalue weighted by molar-refractivity contribution is 9.10. The molecular formula is C14H13BrN2O3. The first kappa shape index (κ1) is 14.3. The number of carbonyl (C=O) groups excluding carboxylic acids is 1. The fourth-order valence-electron chi connectivity index (χ4n) is 1.60. The number of hydrogen-bond acceptors (Lipinski definition) is 4. The van der Waals surface area contributed by atoms with Gasteiger partial charge < -0.3 is 15.2 Å². The first-order valence-corrected chi connectivity index (χ1v) is 6.58. The molecule has 5 nitrogen and oxygen atoms in total. The zero-order chi connectivity index (χ0) is 14.7. The molecule has 20 heavy (non-hydrogen) atoms. The Balaban J connectivity index is 2.37. The molecule has 2 aromatic rings. The number of amides is 1. The molecule has 2 N–H and O–H groups in total. The van der Waals surface area contributed by atoms with Crippen molar-refractivity contribution in [1.29, 1.82) is 0 Å².